The number of hydrogen-bond acceptors (Lipinski definition) is 6. The fourth-order valence-electron chi connectivity index (χ4n) is 6.46. The van der Waals surface area contributed by atoms with E-state index in [9.17, 15) is 14.4 Å². The Labute approximate surface area is 387 Å². The van der Waals surface area contributed by atoms with Gasteiger partial charge in [-0.15, -0.1) is 0 Å². The van der Waals surface area contributed by atoms with Crippen molar-refractivity contribution < 1.29 is 28.6 Å². The van der Waals surface area contributed by atoms with Crippen LogP contribution in [0.1, 0.15) is 213 Å². The van der Waals surface area contributed by atoms with E-state index in [0.29, 0.717) is 19.3 Å². The standard InChI is InChI=1S/C57H92O6/c1-4-7-10-13-16-19-22-25-28-31-34-37-40-43-46-49-55(58)61-52-54(63-57(60)51-48-45-42-39-36-33-30-27-24-21-18-15-12-9-6-3)53-62-56(59)50-47-44-41-38-35-32-29-26-23-20-17-14-11-8-5-2/h13-30,54H,4-12,31-53H2,1-3H3/b16-13+,17-14+,18-15+,22-19-,23-20-,24-21-,28-25-,29-26-,30-27-. The van der Waals surface area contributed by atoms with Crippen molar-refractivity contribution in [1.82, 2.24) is 0 Å². The first-order valence-corrected chi connectivity index (χ1v) is 25.5. The molecule has 0 rings (SSSR count). The average Bonchev–Trinajstić information content (AvgIpc) is 3.28. The monoisotopic (exact) mass is 873 g/mol. The van der Waals surface area contributed by atoms with Gasteiger partial charge in [-0.05, 0) is 77.0 Å². The number of esters is 3. The number of carbonyl (C=O) groups excluding carboxylic acids is 3. The number of hydrogen-bond donors (Lipinski definition) is 0. The molecule has 0 saturated carbocycles. The van der Waals surface area contributed by atoms with E-state index in [4.69, 9.17) is 14.2 Å². The summed E-state index contributed by atoms with van der Waals surface area (Å²) in [5, 5.41) is 0. The van der Waals surface area contributed by atoms with Gasteiger partial charge in [-0.3, -0.25) is 14.4 Å². The highest BCUT2D eigenvalue weighted by atomic mass is 16.6. The highest BCUT2D eigenvalue weighted by Gasteiger charge is 2.19. The minimum atomic E-state index is -0.807. The van der Waals surface area contributed by atoms with Crippen LogP contribution in [0.3, 0.4) is 0 Å². The molecule has 0 bridgehead atoms. The lowest BCUT2D eigenvalue weighted by Crippen LogP contribution is -2.30. The van der Waals surface area contributed by atoms with Crippen LogP contribution in [0.25, 0.3) is 0 Å². The smallest absolute Gasteiger partial charge is 0.306 e. The molecular weight excluding hydrogens is 781 g/mol. The molecule has 0 spiro atoms. The van der Waals surface area contributed by atoms with Gasteiger partial charge in [-0.2, -0.15) is 0 Å². The van der Waals surface area contributed by atoms with Gasteiger partial charge in [0.25, 0.3) is 0 Å². The van der Waals surface area contributed by atoms with Gasteiger partial charge in [0.2, 0.25) is 0 Å². The third-order valence-corrected chi connectivity index (χ3v) is 10.4. The first-order valence-electron chi connectivity index (χ1n) is 25.5. The molecule has 6 heteroatoms. The van der Waals surface area contributed by atoms with Gasteiger partial charge >= 0.3 is 17.9 Å². The molecule has 0 N–H and O–H groups in total. The van der Waals surface area contributed by atoms with Crippen molar-refractivity contribution in [2.45, 2.75) is 219 Å². The largest absolute Gasteiger partial charge is 0.462 e. The SMILES string of the molecule is CCCC/C=C/C=C\C=C/CCCCCCCC(=O)OCC(COC(=O)CCCCCCC\C=C/C=C\C=C\CCCC)OC(=O)CCCCCCC\C=C/C=C\C=C\CCCC. The second-order valence-electron chi connectivity index (χ2n) is 16.5. The van der Waals surface area contributed by atoms with Crippen LogP contribution in [0.4, 0.5) is 0 Å². The van der Waals surface area contributed by atoms with E-state index in [1.54, 1.807) is 0 Å². The van der Waals surface area contributed by atoms with E-state index in [1.807, 2.05) is 0 Å². The van der Waals surface area contributed by atoms with Crippen molar-refractivity contribution in [2.24, 2.45) is 0 Å². The van der Waals surface area contributed by atoms with Gasteiger partial charge in [-0.25, -0.2) is 0 Å². The lowest BCUT2D eigenvalue weighted by molar-refractivity contribution is -0.167. The van der Waals surface area contributed by atoms with Crippen LogP contribution in [0.5, 0.6) is 0 Å². The lowest BCUT2D eigenvalue weighted by atomic mass is 10.1. The minimum absolute atomic E-state index is 0.106. The molecule has 0 amide bonds. The second kappa shape index (κ2) is 50.7. The van der Waals surface area contributed by atoms with Crippen LogP contribution in [0.2, 0.25) is 0 Å². The normalized spacial score (nSPS) is 12.6. The Morgan fingerprint density at radius 2 is 0.571 bits per heavy atom. The summed E-state index contributed by atoms with van der Waals surface area (Å²) < 4.78 is 16.7. The van der Waals surface area contributed by atoms with Crippen molar-refractivity contribution in [1.29, 1.82) is 0 Å². The number of ether oxygens (including phenoxy) is 3. The molecule has 0 aromatic rings. The van der Waals surface area contributed by atoms with Crippen LogP contribution < -0.4 is 0 Å². The van der Waals surface area contributed by atoms with E-state index in [0.717, 1.165) is 135 Å². The van der Waals surface area contributed by atoms with Crippen LogP contribution in [-0.4, -0.2) is 37.2 Å². The zero-order chi connectivity index (χ0) is 45.8. The molecule has 0 unspecified atom stereocenters. The number of allylic oxidation sites excluding steroid dienone is 18. The maximum Gasteiger partial charge on any atom is 0.306 e. The number of carbonyl (C=O) groups is 3. The second-order valence-corrected chi connectivity index (χ2v) is 16.5. The highest BCUT2D eigenvalue weighted by molar-refractivity contribution is 5.71. The summed E-state index contributed by atoms with van der Waals surface area (Å²) in [6, 6.07) is 0. The van der Waals surface area contributed by atoms with Crippen molar-refractivity contribution in [3.05, 3.63) is 109 Å². The third kappa shape index (κ3) is 49.0. The molecule has 0 saturated heterocycles. The Balaban J connectivity index is 4.53. The average molecular weight is 873 g/mol. The Morgan fingerprint density at radius 1 is 0.317 bits per heavy atom. The molecule has 0 aliphatic carbocycles. The van der Waals surface area contributed by atoms with Gasteiger partial charge < -0.3 is 14.2 Å². The van der Waals surface area contributed by atoms with E-state index in [1.165, 1.54) is 38.5 Å². The van der Waals surface area contributed by atoms with Gasteiger partial charge in [-0.1, -0.05) is 226 Å². The summed E-state index contributed by atoms with van der Waals surface area (Å²) in [6.45, 7) is 6.41. The topological polar surface area (TPSA) is 78.9 Å². The Hall–Kier alpha value is -3.93. The number of unbranched alkanes of at least 4 members (excludes halogenated alkanes) is 21. The molecule has 6 nitrogen and oxygen atoms in total. The highest BCUT2D eigenvalue weighted by Crippen LogP contribution is 2.13. The van der Waals surface area contributed by atoms with Gasteiger partial charge in [0.05, 0.1) is 0 Å². The van der Waals surface area contributed by atoms with Gasteiger partial charge in [0, 0.05) is 19.3 Å². The maximum atomic E-state index is 12.8. The minimum Gasteiger partial charge on any atom is -0.462 e. The molecular formula is C57H92O6. The predicted octanol–water partition coefficient (Wildman–Crippen LogP) is 16.8. The zero-order valence-corrected chi connectivity index (χ0v) is 40.5. The Bertz CT molecular complexity index is 1260. The first-order chi connectivity index (χ1) is 31.0. The van der Waals surface area contributed by atoms with E-state index < -0.39 is 6.10 Å². The van der Waals surface area contributed by atoms with E-state index in [2.05, 4.69) is 130 Å². The van der Waals surface area contributed by atoms with Gasteiger partial charge in [0.15, 0.2) is 6.10 Å². The zero-order valence-electron chi connectivity index (χ0n) is 40.5. The van der Waals surface area contributed by atoms with Crippen LogP contribution in [0, 0.1) is 0 Å². The summed E-state index contributed by atoms with van der Waals surface area (Å²) in [5.41, 5.74) is 0. The number of rotatable bonds is 44. The molecule has 0 aliphatic rings. The Morgan fingerprint density at radius 3 is 0.873 bits per heavy atom. The Kier molecular flexibility index (Phi) is 47.5. The predicted molar refractivity (Wildman–Crippen MR) is 270 cm³/mol. The van der Waals surface area contributed by atoms with E-state index >= 15 is 0 Å². The molecule has 356 valence electrons. The van der Waals surface area contributed by atoms with Crippen LogP contribution >= 0.6 is 0 Å². The fourth-order valence-corrected chi connectivity index (χ4v) is 6.46. The summed E-state index contributed by atoms with van der Waals surface area (Å²) >= 11 is 0. The lowest BCUT2D eigenvalue weighted by Gasteiger charge is -2.18. The van der Waals surface area contributed by atoms with E-state index in [-0.39, 0.29) is 31.1 Å². The quantitative estimate of drug-likeness (QED) is 0.0263. The summed E-state index contributed by atoms with van der Waals surface area (Å²) in [7, 11) is 0. The third-order valence-electron chi connectivity index (χ3n) is 10.4. The summed E-state index contributed by atoms with van der Waals surface area (Å²) in [4.78, 5) is 38.0. The van der Waals surface area contributed by atoms with Crippen LogP contribution in [0.15, 0.2) is 109 Å². The summed E-state index contributed by atoms with van der Waals surface area (Å²) in [5.74, 6) is -0.971. The molecule has 0 radical (unpaired) electrons. The van der Waals surface area contributed by atoms with Crippen molar-refractivity contribution in [2.75, 3.05) is 13.2 Å². The fraction of sp³-hybridized carbons (Fsp3) is 0.632. The molecule has 0 heterocycles. The molecule has 0 aromatic carbocycles. The van der Waals surface area contributed by atoms with Crippen molar-refractivity contribution in [3.8, 4) is 0 Å². The first kappa shape index (κ1) is 59.1. The molecule has 63 heavy (non-hydrogen) atoms. The van der Waals surface area contributed by atoms with Crippen molar-refractivity contribution >= 4 is 17.9 Å². The molecule has 0 aliphatic heterocycles. The maximum absolute atomic E-state index is 12.8. The van der Waals surface area contributed by atoms with Gasteiger partial charge in [0.1, 0.15) is 13.2 Å². The molecule has 0 aromatic heterocycles. The van der Waals surface area contributed by atoms with Crippen LogP contribution in [-0.2, 0) is 28.6 Å². The molecule has 0 fully saturated rings. The molecule has 0 atom stereocenters. The summed E-state index contributed by atoms with van der Waals surface area (Å²) in [6.07, 6.45) is 67.7. The van der Waals surface area contributed by atoms with Crippen molar-refractivity contribution in [3.63, 3.8) is 0 Å².